The second kappa shape index (κ2) is 9.09. The van der Waals surface area contributed by atoms with Gasteiger partial charge in [0, 0.05) is 36.2 Å². The van der Waals surface area contributed by atoms with Gasteiger partial charge in [0.15, 0.2) is 0 Å². The Morgan fingerprint density at radius 3 is 2.61 bits per heavy atom. The summed E-state index contributed by atoms with van der Waals surface area (Å²) in [5, 5.41) is 11.2. The van der Waals surface area contributed by atoms with Crippen molar-refractivity contribution in [3.8, 4) is 11.5 Å². The lowest BCUT2D eigenvalue weighted by atomic mass is 9.95. The number of phenols is 1. The van der Waals surface area contributed by atoms with Crippen molar-refractivity contribution in [1.82, 2.24) is 4.98 Å². The number of ether oxygens (including phenoxy) is 2. The fourth-order valence-corrected chi connectivity index (χ4v) is 3.68. The molecule has 3 aromatic rings. The third kappa shape index (κ3) is 4.34. The summed E-state index contributed by atoms with van der Waals surface area (Å²) < 4.78 is 36.0. The molecule has 0 aliphatic carbocycles. The van der Waals surface area contributed by atoms with E-state index in [-0.39, 0.29) is 35.3 Å². The number of pyridine rings is 1. The molecule has 0 radical (unpaired) electrons. The van der Waals surface area contributed by atoms with E-state index in [0.717, 1.165) is 0 Å². The third-order valence-corrected chi connectivity index (χ3v) is 5.08. The first-order valence-electron chi connectivity index (χ1n) is 9.74. The number of phenolic OH excluding ortho intramolecular Hbond substituents is 1. The van der Waals surface area contributed by atoms with Crippen molar-refractivity contribution in [1.29, 1.82) is 0 Å². The highest BCUT2D eigenvalue weighted by Crippen LogP contribution is 2.46. The molecule has 31 heavy (non-hydrogen) atoms. The molecule has 1 amide bonds. The Balaban J connectivity index is 1.87. The second-order valence-electron chi connectivity index (χ2n) is 7.00. The zero-order valence-electron chi connectivity index (χ0n) is 16.4. The van der Waals surface area contributed by atoms with Gasteiger partial charge < -0.3 is 14.6 Å². The van der Waals surface area contributed by atoms with Gasteiger partial charge in [-0.25, -0.2) is 0 Å². The summed E-state index contributed by atoms with van der Waals surface area (Å²) in [5.41, 5.74) is 1.17. The number of aromatic hydroxyl groups is 1. The number of para-hydroxylation sites is 1. The molecule has 0 bridgehead atoms. The zero-order valence-corrected chi connectivity index (χ0v) is 16.4. The molecule has 4 rings (SSSR count). The number of carbonyl (C=O) groups excluding carboxylic acids is 1. The number of benzene rings is 2. The fourth-order valence-electron chi connectivity index (χ4n) is 3.68. The quantitative estimate of drug-likeness (QED) is 0.609. The number of halogens is 2. The number of anilines is 2. The van der Waals surface area contributed by atoms with E-state index in [2.05, 4.69) is 9.72 Å². The van der Waals surface area contributed by atoms with Gasteiger partial charge in [-0.1, -0.05) is 18.2 Å². The van der Waals surface area contributed by atoms with Gasteiger partial charge in [0.05, 0.1) is 17.9 Å². The summed E-state index contributed by atoms with van der Waals surface area (Å²) >= 11 is 0. The van der Waals surface area contributed by atoms with Crippen LogP contribution in [0.2, 0.25) is 0 Å². The standard InChI is InChI=1S/C23H20F2N2O4/c24-23(25)31-19-9-8-18(21(28)20(19)16-10-12-30-14-16)27(17-6-2-1-3-7-17)22(29)15-5-4-11-26-13-15/h1-9,11,13,16,23,28H,10,12,14H2/t16-/m0/s1. The van der Waals surface area contributed by atoms with Crippen LogP contribution in [0.25, 0.3) is 0 Å². The maximum Gasteiger partial charge on any atom is 0.387 e. The van der Waals surface area contributed by atoms with Crippen molar-refractivity contribution >= 4 is 17.3 Å². The Kier molecular flexibility index (Phi) is 6.08. The van der Waals surface area contributed by atoms with Crippen LogP contribution in [-0.2, 0) is 4.74 Å². The molecule has 1 aliphatic heterocycles. The predicted octanol–water partition coefficient (Wildman–Crippen LogP) is 4.87. The number of alkyl halides is 2. The first kappa shape index (κ1) is 20.7. The molecule has 1 fully saturated rings. The van der Waals surface area contributed by atoms with Gasteiger partial charge in [0.25, 0.3) is 5.91 Å². The van der Waals surface area contributed by atoms with Crippen molar-refractivity contribution in [3.63, 3.8) is 0 Å². The minimum Gasteiger partial charge on any atom is -0.505 e. The Hall–Kier alpha value is -3.52. The Bertz CT molecular complexity index is 1040. The average molecular weight is 426 g/mol. The zero-order chi connectivity index (χ0) is 21.8. The summed E-state index contributed by atoms with van der Waals surface area (Å²) in [5.74, 6) is -1.19. The summed E-state index contributed by atoms with van der Waals surface area (Å²) in [7, 11) is 0. The molecular formula is C23H20F2N2O4. The lowest BCUT2D eigenvalue weighted by Gasteiger charge is -2.26. The second-order valence-corrected chi connectivity index (χ2v) is 7.00. The van der Waals surface area contributed by atoms with Gasteiger partial charge in [0.1, 0.15) is 11.5 Å². The largest absolute Gasteiger partial charge is 0.505 e. The molecule has 2 aromatic carbocycles. The van der Waals surface area contributed by atoms with Gasteiger partial charge >= 0.3 is 6.61 Å². The number of carbonyl (C=O) groups is 1. The first-order valence-corrected chi connectivity index (χ1v) is 9.74. The van der Waals surface area contributed by atoms with Crippen LogP contribution in [0.5, 0.6) is 11.5 Å². The lowest BCUT2D eigenvalue weighted by Crippen LogP contribution is -2.26. The van der Waals surface area contributed by atoms with Crippen molar-refractivity contribution in [3.05, 3.63) is 78.1 Å². The molecule has 1 aliphatic rings. The number of hydrogen-bond donors (Lipinski definition) is 1. The van der Waals surface area contributed by atoms with Crippen molar-refractivity contribution < 1.29 is 28.2 Å². The summed E-state index contributed by atoms with van der Waals surface area (Å²) in [4.78, 5) is 18.7. The van der Waals surface area contributed by atoms with Crippen molar-refractivity contribution in [2.45, 2.75) is 19.0 Å². The summed E-state index contributed by atoms with van der Waals surface area (Å²) in [6, 6.07) is 14.8. The van der Waals surface area contributed by atoms with E-state index in [4.69, 9.17) is 4.74 Å². The molecule has 0 unspecified atom stereocenters. The monoisotopic (exact) mass is 426 g/mol. The normalized spacial score (nSPS) is 15.8. The maximum atomic E-state index is 13.4. The molecule has 1 N–H and O–H groups in total. The van der Waals surface area contributed by atoms with Crippen molar-refractivity contribution in [2.75, 3.05) is 18.1 Å². The highest BCUT2D eigenvalue weighted by atomic mass is 19.3. The van der Waals surface area contributed by atoms with E-state index >= 15 is 0 Å². The molecule has 2 heterocycles. The van der Waals surface area contributed by atoms with E-state index in [1.54, 1.807) is 48.7 Å². The van der Waals surface area contributed by atoms with Crippen LogP contribution in [0.3, 0.4) is 0 Å². The van der Waals surface area contributed by atoms with E-state index < -0.39 is 12.5 Å². The molecule has 8 heteroatoms. The van der Waals surface area contributed by atoms with Gasteiger partial charge in [-0.2, -0.15) is 8.78 Å². The molecule has 1 saturated heterocycles. The van der Waals surface area contributed by atoms with Crippen LogP contribution in [0.1, 0.15) is 28.3 Å². The van der Waals surface area contributed by atoms with Crippen LogP contribution < -0.4 is 9.64 Å². The minimum atomic E-state index is -3.05. The number of rotatable bonds is 6. The van der Waals surface area contributed by atoms with E-state index in [1.807, 2.05) is 0 Å². The van der Waals surface area contributed by atoms with Crippen LogP contribution in [0.4, 0.5) is 20.2 Å². The van der Waals surface area contributed by atoms with Crippen LogP contribution in [0, 0.1) is 0 Å². The molecule has 6 nitrogen and oxygen atoms in total. The van der Waals surface area contributed by atoms with Crippen LogP contribution in [-0.4, -0.2) is 35.8 Å². The average Bonchev–Trinajstić information content (AvgIpc) is 3.31. The highest BCUT2D eigenvalue weighted by Gasteiger charge is 2.31. The number of amides is 1. The highest BCUT2D eigenvalue weighted by molar-refractivity contribution is 6.11. The predicted molar refractivity (Wildman–Crippen MR) is 110 cm³/mol. The third-order valence-electron chi connectivity index (χ3n) is 5.08. The molecular weight excluding hydrogens is 406 g/mol. The minimum absolute atomic E-state index is 0.131. The Morgan fingerprint density at radius 2 is 1.97 bits per heavy atom. The van der Waals surface area contributed by atoms with Gasteiger partial charge in [-0.15, -0.1) is 0 Å². The maximum absolute atomic E-state index is 13.4. The topological polar surface area (TPSA) is 71.9 Å². The fraction of sp³-hybridized carbons (Fsp3) is 0.217. The lowest BCUT2D eigenvalue weighted by molar-refractivity contribution is -0.0507. The molecule has 160 valence electrons. The number of hydrogen-bond acceptors (Lipinski definition) is 5. The van der Waals surface area contributed by atoms with Gasteiger partial charge in [-0.3, -0.25) is 14.7 Å². The van der Waals surface area contributed by atoms with E-state index in [0.29, 0.717) is 24.3 Å². The van der Waals surface area contributed by atoms with Gasteiger partial charge in [-0.05, 0) is 42.8 Å². The number of nitrogens with zero attached hydrogens (tertiary/aromatic N) is 2. The van der Waals surface area contributed by atoms with E-state index in [1.165, 1.54) is 23.2 Å². The first-order chi connectivity index (χ1) is 15.1. The van der Waals surface area contributed by atoms with E-state index in [9.17, 15) is 18.7 Å². The summed E-state index contributed by atoms with van der Waals surface area (Å²) in [6.45, 7) is -2.34. The molecule has 1 atom stereocenters. The molecule has 0 saturated carbocycles. The SMILES string of the molecule is O=C(c1cccnc1)N(c1ccccc1)c1ccc(OC(F)F)c([C@H]2CCOC2)c1O. The van der Waals surface area contributed by atoms with Crippen LogP contribution in [0.15, 0.2) is 67.0 Å². The van der Waals surface area contributed by atoms with Crippen LogP contribution >= 0.6 is 0 Å². The smallest absolute Gasteiger partial charge is 0.387 e. The summed E-state index contributed by atoms with van der Waals surface area (Å²) in [6.07, 6.45) is 3.52. The molecule has 0 spiro atoms. The Labute approximate surface area is 177 Å². The molecule has 1 aromatic heterocycles. The number of aromatic nitrogens is 1. The van der Waals surface area contributed by atoms with Gasteiger partial charge in [0.2, 0.25) is 0 Å². The van der Waals surface area contributed by atoms with Crippen molar-refractivity contribution in [2.24, 2.45) is 0 Å². The Morgan fingerprint density at radius 1 is 1.16 bits per heavy atom.